The fourth-order valence-electron chi connectivity index (χ4n) is 2.63. The van der Waals surface area contributed by atoms with E-state index in [1.807, 2.05) is 29.2 Å². The third-order valence-electron chi connectivity index (χ3n) is 3.59. The van der Waals surface area contributed by atoms with Gasteiger partial charge in [0.15, 0.2) is 5.82 Å². The summed E-state index contributed by atoms with van der Waals surface area (Å²) in [7, 11) is 0. The van der Waals surface area contributed by atoms with Gasteiger partial charge in [0, 0.05) is 31.5 Å². The molecule has 0 amide bonds. The molecule has 0 spiro atoms. The number of aromatic nitrogens is 3. The summed E-state index contributed by atoms with van der Waals surface area (Å²) in [5, 5.41) is 7.80. The van der Waals surface area contributed by atoms with E-state index in [1.54, 1.807) is 0 Å². The second-order valence-electron chi connectivity index (χ2n) is 4.74. The number of hydrogen-bond donors (Lipinski definition) is 1. The molecule has 2 aromatic rings. The first-order valence-corrected chi connectivity index (χ1v) is 6.65. The van der Waals surface area contributed by atoms with Gasteiger partial charge in [0.2, 0.25) is 0 Å². The highest BCUT2D eigenvalue weighted by atomic mass is 15.3. The summed E-state index contributed by atoms with van der Waals surface area (Å²) in [5.74, 6) is 1.03. The van der Waals surface area contributed by atoms with E-state index in [4.69, 9.17) is 0 Å². The fourth-order valence-corrected chi connectivity index (χ4v) is 2.63. The predicted molar refractivity (Wildman–Crippen MR) is 71.9 cm³/mol. The first-order chi connectivity index (χ1) is 8.88. The molecule has 18 heavy (non-hydrogen) atoms. The minimum Gasteiger partial charge on any atom is -0.354 e. The van der Waals surface area contributed by atoms with Gasteiger partial charge in [-0.2, -0.15) is 5.10 Å². The molecule has 1 aliphatic heterocycles. The first-order valence-electron chi connectivity index (χ1n) is 6.65. The zero-order valence-electron chi connectivity index (χ0n) is 10.7. The van der Waals surface area contributed by atoms with E-state index in [-0.39, 0.29) is 0 Å². The van der Waals surface area contributed by atoms with Gasteiger partial charge in [0.25, 0.3) is 0 Å². The van der Waals surface area contributed by atoms with E-state index >= 15 is 0 Å². The molecular formula is C13H19N5. The molecule has 0 aliphatic carbocycles. The van der Waals surface area contributed by atoms with Crippen LogP contribution in [0.5, 0.6) is 0 Å². The molecule has 0 bridgehead atoms. The minimum absolute atomic E-state index is 0.593. The molecule has 3 heterocycles. The van der Waals surface area contributed by atoms with Crippen LogP contribution in [-0.4, -0.2) is 40.3 Å². The molecule has 1 aliphatic rings. The maximum Gasteiger partial charge on any atom is 0.154 e. The number of rotatable bonds is 4. The van der Waals surface area contributed by atoms with Crippen molar-refractivity contribution in [1.82, 2.24) is 19.9 Å². The third kappa shape index (κ3) is 2.06. The van der Waals surface area contributed by atoms with Crippen LogP contribution < -0.4 is 10.2 Å². The summed E-state index contributed by atoms with van der Waals surface area (Å²) in [5.41, 5.74) is 1.08. The Kier molecular flexibility index (Phi) is 3.15. The van der Waals surface area contributed by atoms with Crippen molar-refractivity contribution in [2.45, 2.75) is 25.8 Å². The van der Waals surface area contributed by atoms with Gasteiger partial charge < -0.3 is 10.2 Å². The Morgan fingerprint density at radius 3 is 3.22 bits per heavy atom. The Labute approximate surface area is 107 Å². The molecule has 0 saturated carbocycles. The lowest BCUT2D eigenvalue weighted by atomic mass is 10.2. The van der Waals surface area contributed by atoms with Crippen LogP contribution in [0.2, 0.25) is 0 Å². The normalized spacial score (nSPS) is 19.5. The Morgan fingerprint density at radius 2 is 2.44 bits per heavy atom. The van der Waals surface area contributed by atoms with Gasteiger partial charge in [0.05, 0.1) is 6.20 Å². The zero-order valence-corrected chi connectivity index (χ0v) is 10.7. The largest absolute Gasteiger partial charge is 0.354 e. The number of hydrogen-bond acceptors (Lipinski definition) is 4. The maximum atomic E-state index is 4.53. The summed E-state index contributed by atoms with van der Waals surface area (Å²) in [6.07, 6.45) is 8.08. The van der Waals surface area contributed by atoms with E-state index in [0.717, 1.165) is 31.0 Å². The number of fused-ring (bicyclic) bond motifs is 1. The Morgan fingerprint density at radius 1 is 1.50 bits per heavy atom. The maximum absolute atomic E-state index is 4.53. The Bertz CT molecular complexity index is 515. The molecular weight excluding hydrogens is 226 g/mol. The predicted octanol–water partition coefficient (Wildman–Crippen LogP) is 1.31. The lowest BCUT2D eigenvalue weighted by Crippen LogP contribution is -2.38. The monoisotopic (exact) mass is 245 g/mol. The molecule has 1 unspecified atom stereocenters. The third-order valence-corrected chi connectivity index (χ3v) is 3.59. The van der Waals surface area contributed by atoms with Crippen molar-refractivity contribution in [1.29, 1.82) is 0 Å². The van der Waals surface area contributed by atoms with Gasteiger partial charge >= 0.3 is 0 Å². The summed E-state index contributed by atoms with van der Waals surface area (Å²) in [6, 6.07) is 2.61. The van der Waals surface area contributed by atoms with Crippen molar-refractivity contribution >= 4 is 11.3 Å². The van der Waals surface area contributed by atoms with Crippen LogP contribution >= 0.6 is 0 Å². The Hall–Kier alpha value is -1.62. The van der Waals surface area contributed by atoms with Crippen LogP contribution in [0.25, 0.3) is 5.52 Å². The van der Waals surface area contributed by atoms with E-state index in [2.05, 4.69) is 27.2 Å². The average molecular weight is 245 g/mol. The molecule has 1 atom stereocenters. The second kappa shape index (κ2) is 4.94. The SMILES string of the molecule is CCN(CC1CCCN1)c1nccn2nccc12. The smallest absolute Gasteiger partial charge is 0.154 e. The summed E-state index contributed by atoms with van der Waals surface area (Å²) in [4.78, 5) is 6.86. The molecule has 1 fully saturated rings. The molecule has 0 aromatic carbocycles. The number of anilines is 1. The standard InChI is InChI=1S/C13H19N5/c1-2-17(10-11-4-3-6-14-11)13-12-5-7-16-18(12)9-8-15-13/h5,7-9,11,14H,2-4,6,10H2,1H3. The lowest BCUT2D eigenvalue weighted by Gasteiger charge is -2.25. The average Bonchev–Trinajstić information content (AvgIpc) is 3.06. The van der Waals surface area contributed by atoms with Gasteiger partial charge in [0.1, 0.15) is 5.52 Å². The second-order valence-corrected chi connectivity index (χ2v) is 4.74. The molecule has 5 nitrogen and oxygen atoms in total. The highest BCUT2D eigenvalue weighted by Gasteiger charge is 2.19. The molecule has 5 heteroatoms. The zero-order chi connectivity index (χ0) is 12.4. The van der Waals surface area contributed by atoms with Crippen molar-refractivity contribution in [2.24, 2.45) is 0 Å². The summed E-state index contributed by atoms with van der Waals surface area (Å²) < 4.78 is 1.88. The number of nitrogens with one attached hydrogen (secondary N) is 1. The van der Waals surface area contributed by atoms with Gasteiger partial charge in [-0.15, -0.1) is 0 Å². The van der Waals surface area contributed by atoms with Crippen molar-refractivity contribution in [3.05, 3.63) is 24.7 Å². The van der Waals surface area contributed by atoms with E-state index in [0.29, 0.717) is 6.04 Å². The summed E-state index contributed by atoms with van der Waals surface area (Å²) >= 11 is 0. The van der Waals surface area contributed by atoms with Crippen LogP contribution in [-0.2, 0) is 0 Å². The van der Waals surface area contributed by atoms with Crippen LogP contribution in [0.4, 0.5) is 5.82 Å². The van der Waals surface area contributed by atoms with Crippen molar-refractivity contribution in [3.8, 4) is 0 Å². The van der Waals surface area contributed by atoms with Crippen LogP contribution in [0.1, 0.15) is 19.8 Å². The molecule has 1 saturated heterocycles. The number of likely N-dealkylation sites (N-methyl/N-ethyl adjacent to an activating group) is 1. The van der Waals surface area contributed by atoms with Gasteiger partial charge in [-0.25, -0.2) is 9.50 Å². The van der Waals surface area contributed by atoms with Crippen molar-refractivity contribution < 1.29 is 0 Å². The van der Waals surface area contributed by atoms with Crippen molar-refractivity contribution in [2.75, 3.05) is 24.5 Å². The Balaban J connectivity index is 1.87. The van der Waals surface area contributed by atoms with Gasteiger partial charge in [-0.05, 0) is 32.4 Å². The first kappa shape index (κ1) is 11.5. The summed E-state index contributed by atoms with van der Waals surface area (Å²) in [6.45, 7) is 5.31. The minimum atomic E-state index is 0.593. The van der Waals surface area contributed by atoms with Gasteiger partial charge in [-0.3, -0.25) is 0 Å². The lowest BCUT2D eigenvalue weighted by molar-refractivity contribution is 0.584. The topological polar surface area (TPSA) is 45.5 Å². The number of nitrogens with zero attached hydrogens (tertiary/aromatic N) is 4. The highest BCUT2D eigenvalue weighted by molar-refractivity contribution is 5.68. The highest BCUT2D eigenvalue weighted by Crippen LogP contribution is 2.19. The molecule has 1 N–H and O–H groups in total. The molecule has 96 valence electrons. The van der Waals surface area contributed by atoms with Crippen LogP contribution in [0, 0.1) is 0 Å². The van der Waals surface area contributed by atoms with E-state index in [9.17, 15) is 0 Å². The molecule has 3 rings (SSSR count). The molecule has 0 radical (unpaired) electrons. The van der Waals surface area contributed by atoms with Gasteiger partial charge in [-0.1, -0.05) is 0 Å². The molecule has 2 aromatic heterocycles. The van der Waals surface area contributed by atoms with E-state index < -0.39 is 0 Å². The fraction of sp³-hybridized carbons (Fsp3) is 0.538. The van der Waals surface area contributed by atoms with Crippen LogP contribution in [0.3, 0.4) is 0 Å². The van der Waals surface area contributed by atoms with Crippen molar-refractivity contribution in [3.63, 3.8) is 0 Å². The quantitative estimate of drug-likeness (QED) is 0.882. The van der Waals surface area contributed by atoms with E-state index in [1.165, 1.54) is 12.8 Å². The van der Waals surface area contributed by atoms with Crippen LogP contribution in [0.15, 0.2) is 24.7 Å².